The van der Waals surface area contributed by atoms with Crippen LogP contribution in [0.1, 0.15) is 11.1 Å². The summed E-state index contributed by atoms with van der Waals surface area (Å²) < 4.78 is 0. The van der Waals surface area contributed by atoms with Gasteiger partial charge in [0.1, 0.15) is 0 Å². The van der Waals surface area contributed by atoms with Gasteiger partial charge in [-0.15, -0.1) is 0 Å². The number of nitro groups is 1. The second kappa shape index (κ2) is 6.45. The first-order valence-electron chi connectivity index (χ1n) is 7.42. The standard InChI is InChI=1S/C18H15N3O3/c1-12-7-8-15(21(23)24)11-16(12)20-17(22)10-14-5-2-4-13-6-3-9-19-18(13)14/h2-9,11H,10H2,1H3,(H,20,22). The molecule has 0 spiro atoms. The molecule has 2 aromatic carbocycles. The van der Waals surface area contributed by atoms with Crippen molar-refractivity contribution in [3.8, 4) is 0 Å². The van der Waals surface area contributed by atoms with Crippen LogP contribution in [-0.4, -0.2) is 15.8 Å². The van der Waals surface area contributed by atoms with Crippen molar-refractivity contribution in [2.24, 2.45) is 0 Å². The number of benzene rings is 2. The van der Waals surface area contributed by atoms with E-state index in [-0.39, 0.29) is 18.0 Å². The maximum absolute atomic E-state index is 12.4. The number of hydrogen-bond donors (Lipinski definition) is 1. The van der Waals surface area contributed by atoms with E-state index in [9.17, 15) is 14.9 Å². The van der Waals surface area contributed by atoms with Crippen molar-refractivity contribution in [3.63, 3.8) is 0 Å². The minimum Gasteiger partial charge on any atom is -0.325 e. The molecule has 0 saturated heterocycles. The maximum atomic E-state index is 12.4. The van der Waals surface area contributed by atoms with Crippen molar-refractivity contribution in [1.29, 1.82) is 0 Å². The van der Waals surface area contributed by atoms with Gasteiger partial charge in [-0.25, -0.2) is 0 Å². The molecule has 0 aliphatic carbocycles. The van der Waals surface area contributed by atoms with Crippen molar-refractivity contribution in [1.82, 2.24) is 4.98 Å². The number of pyridine rings is 1. The van der Waals surface area contributed by atoms with Crippen LogP contribution < -0.4 is 5.32 Å². The summed E-state index contributed by atoms with van der Waals surface area (Å²) in [4.78, 5) is 27.1. The normalized spacial score (nSPS) is 10.5. The lowest BCUT2D eigenvalue weighted by molar-refractivity contribution is -0.384. The number of carbonyl (C=O) groups is 1. The number of nitro benzene ring substituents is 1. The first kappa shape index (κ1) is 15.6. The predicted molar refractivity (Wildman–Crippen MR) is 91.9 cm³/mol. The van der Waals surface area contributed by atoms with Gasteiger partial charge in [0.05, 0.1) is 22.5 Å². The first-order chi connectivity index (χ1) is 11.5. The third-order valence-corrected chi connectivity index (χ3v) is 3.77. The average Bonchev–Trinajstić information content (AvgIpc) is 2.57. The van der Waals surface area contributed by atoms with Gasteiger partial charge in [0.15, 0.2) is 0 Å². The molecular formula is C18H15N3O3. The first-order valence-corrected chi connectivity index (χ1v) is 7.42. The average molecular weight is 321 g/mol. The number of nitrogens with zero attached hydrogens (tertiary/aromatic N) is 2. The number of fused-ring (bicyclic) bond motifs is 1. The van der Waals surface area contributed by atoms with Crippen LogP contribution in [0.2, 0.25) is 0 Å². The summed E-state index contributed by atoms with van der Waals surface area (Å²) in [7, 11) is 0. The minimum atomic E-state index is -0.482. The molecule has 1 aromatic heterocycles. The van der Waals surface area contributed by atoms with E-state index in [1.807, 2.05) is 30.3 Å². The molecule has 6 nitrogen and oxygen atoms in total. The summed E-state index contributed by atoms with van der Waals surface area (Å²) in [5.41, 5.74) is 2.76. The fourth-order valence-corrected chi connectivity index (χ4v) is 2.54. The van der Waals surface area contributed by atoms with E-state index in [1.165, 1.54) is 12.1 Å². The lowest BCUT2D eigenvalue weighted by Crippen LogP contribution is -2.15. The number of non-ortho nitro benzene ring substituents is 1. The van der Waals surface area contributed by atoms with Crippen LogP contribution in [0.25, 0.3) is 10.9 Å². The van der Waals surface area contributed by atoms with Gasteiger partial charge in [0, 0.05) is 23.7 Å². The number of carbonyl (C=O) groups excluding carboxylic acids is 1. The van der Waals surface area contributed by atoms with Crippen LogP contribution in [0.4, 0.5) is 11.4 Å². The Morgan fingerprint density at radius 2 is 2.00 bits per heavy atom. The van der Waals surface area contributed by atoms with E-state index in [0.717, 1.165) is 22.0 Å². The SMILES string of the molecule is Cc1ccc([N+](=O)[O-])cc1NC(=O)Cc1cccc2cccnc12. The summed E-state index contributed by atoms with van der Waals surface area (Å²) in [5.74, 6) is -0.239. The molecule has 0 unspecified atom stereocenters. The fourth-order valence-electron chi connectivity index (χ4n) is 2.54. The highest BCUT2D eigenvalue weighted by Crippen LogP contribution is 2.22. The molecular weight excluding hydrogens is 306 g/mol. The summed E-state index contributed by atoms with van der Waals surface area (Å²) >= 11 is 0. The third kappa shape index (κ3) is 3.22. The van der Waals surface area contributed by atoms with Gasteiger partial charge in [0.2, 0.25) is 5.91 Å². The van der Waals surface area contributed by atoms with Crippen LogP contribution in [-0.2, 0) is 11.2 Å². The molecule has 0 radical (unpaired) electrons. The summed E-state index contributed by atoms with van der Waals surface area (Å²) in [6.45, 7) is 1.79. The Labute approximate surface area is 138 Å². The molecule has 1 heterocycles. The van der Waals surface area contributed by atoms with E-state index in [0.29, 0.717) is 5.69 Å². The molecule has 120 valence electrons. The molecule has 0 fully saturated rings. The van der Waals surface area contributed by atoms with E-state index < -0.39 is 4.92 Å². The quantitative estimate of drug-likeness (QED) is 0.587. The molecule has 1 N–H and O–H groups in total. The van der Waals surface area contributed by atoms with Crippen molar-refractivity contribution in [3.05, 3.63) is 76.0 Å². The Morgan fingerprint density at radius 1 is 1.21 bits per heavy atom. The highest BCUT2D eigenvalue weighted by molar-refractivity contribution is 5.95. The van der Waals surface area contributed by atoms with Crippen LogP contribution in [0.3, 0.4) is 0 Å². The predicted octanol–water partition coefficient (Wildman–Crippen LogP) is 3.63. The van der Waals surface area contributed by atoms with Gasteiger partial charge in [-0.1, -0.05) is 30.3 Å². The Hall–Kier alpha value is -3.28. The molecule has 0 bridgehead atoms. The molecule has 3 rings (SSSR count). The number of aryl methyl sites for hydroxylation is 1. The highest BCUT2D eigenvalue weighted by atomic mass is 16.6. The summed E-state index contributed by atoms with van der Waals surface area (Å²) in [6, 6.07) is 13.9. The second-order valence-electron chi connectivity index (χ2n) is 5.47. The van der Waals surface area contributed by atoms with E-state index >= 15 is 0 Å². The molecule has 0 aliphatic rings. The zero-order chi connectivity index (χ0) is 17.1. The van der Waals surface area contributed by atoms with E-state index in [4.69, 9.17) is 0 Å². The maximum Gasteiger partial charge on any atom is 0.271 e. The number of para-hydroxylation sites is 1. The van der Waals surface area contributed by atoms with Gasteiger partial charge in [-0.05, 0) is 24.1 Å². The Balaban J connectivity index is 1.83. The molecule has 24 heavy (non-hydrogen) atoms. The molecule has 0 saturated carbocycles. The zero-order valence-electron chi connectivity index (χ0n) is 13.0. The van der Waals surface area contributed by atoms with Crippen molar-refractivity contribution >= 4 is 28.2 Å². The Bertz CT molecular complexity index is 932. The van der Waals surface area contributed by atoms with Crippen LogP contribution >= 0.6 is 0 Å². The molecule has 0 atom stereocenters. The van der Waals surface area contributed by atoms with Gasteiger partial charge < -0.3 is 5.32 Å². The molecule has 6 heteroatoms. The smallest absolute Gasteiger partial charge is 0.271 e. The summed E-state index contributed by atoms with van der Waals surface area (Å²) in [5, 5.41) is 14.6. The molecule has 3 aromatic rings. The number of nitrogens with one attached hydrogen (secondary N) is 1. The lowest BCUT2D eigenvalue weighted by atomic mass is 10.1. The minimum absolute atomic E-state index is 0.0530. The monoisotopic (exact) mass is 321 g/mol. The van der Waals surface area contributed by atoms with Crippen molar-refractivity contribution in [2.75, 3.05) is 5.32 Å². The molecule has 0 aliphatic heterocycles. The van der Waals surface area contributed by atoms with E-state index in [2.05, 4.69) is 10.3 Å². The topological polar surface area (TPSA) is 85.1 Å². The van der Waals surface area contributed by atoms with Gasteiger partial charge >= 0.3 is 0 Å². The largest absolute Gasteiger partial charge is 0.325 e. The van der Waals surface area contributed by atoms with Crippen LogP contribution in [0, 0.1) is 17.0 Å². The number of aromatic nitrogens is 1. The Kier molecular flexibility index (Phi) is 4.20. The second-order valence-corrected chi connectivity index (χ2v) is 5.47. The number of amides is 1. The van der Waals surface area contributed by atoms with Gasteiger partial charge in [-0.2, -0.15) is 0 Å². The number of anilines is 1. The van der Waals surface area contributed by atoms with E-state index in [1.54, 1.807) is 19.2 Å². The van der Waals surface area contributed by atoms with Crippen molar-refractivity contribution < 1.29 is 9.72 Å². The highest BCUT2D eigenvalue weighted by Gasteiger charge is 2.12. The summed E-state index contributed by atoms with van der Waals surface area (Å²) in [6.07, 6.45) is 1.84. The number of rotatable bonds is 4. The Morgan fingerprint density at radius 3 is 2.79 bits per heavy atom. The fraction of sp³-hybridized carbons (Fsp3) is 0.111. The van der Waals surface area contributed by atoms with Crippen LogP contribution in [0.15, 0.2) is 54.7 Å². The zero-order valence-corrected chi connectivity index (χ0v) is 13.0. The van der Waals surface area contributed by atoms with Crippen molar-refractivity contribution in [2.45, 2.75) is 13.3 Å². The van der Waals surface area contributed by atoms with Gasteiger partial charge in [0.25, 0.3) is 5.69 Å². The lowest BCUT2D eigenvalue weighted by Gasteiger charge is -2.09. The third-order valence-electron chi connectivity index (χ3n) is 3.77. The molecule has 1 amide bonds. The van der Waals surface area contributed by atoms with Gasteiger partial charge in [-0.3, -0.25) is 19.9 Å². The van der Waals surface area contributed by atoms with Crippen LogP contribution in [0.5, 0.6) is 0 Å². The number of hydrogen-bond acceptors (Lipinski definition) is 4.